The lowest BCUT2D eigenvalue weighted by molar-refractivity contribution is -0.141. The molecular weight excluding hydrogens is 554 g/mol. The summed E-state index contributed by atoms with van der Waals surface area (Å²) in [5.41, 5.74) is 3.75. The number of carbonyl (C=O) groups excluding carboxylic acids is 2. The predicted molar refractivity (Wildman–Crippen MR) is 180 cm³/mol. The van der Waals surface area contributed by atoms with Crippen LogP contribution in [0.1, 0.15) is 90.5 Å². The van der Waals surface area contributed by atoms with Crippen molar-refractivity contribution in [3.63, 3.8) is 0 Å². The lowest BCUT2D eigenvalue weighted by Gasteiger charge is -2.41. The fourth-order valence-electron chi connectivity index (χ4n) is 6.55. The lowest BCUT2D eigenvalue weighted by Crippen LogP contribution is -2.55. The monoisotopic (exact) mass is 609 g/mol. The smallest absolute Gasteiger partial charge is 0.247 e. The Morgan fingerprint density at radius 2 is 1.77 bits per heavy atom. The highest BCUT2D eigenvalue weighted by molar-refractivity contribution is 7.96. The molecule has 1 atom stereocenters. The van der Waals surface area contributed by atoms with E-state index >= 15 is 0 Å². The van der Waals surface area contributed by atoms with Crippen LogP contribution in [0.15, 0.2) is 66.4 Å². The Hall–Kier alpha value is -2.51. The molecule has 1 aromatic rings. The second-order valence-corrected chi connectivity index (χ2v) is 12.9. The average molecular weight is 610 g/mol. The maximum atomic E-state index is 13.8. The normalized spacial score (nSPS) is 19.9. The van der Waals surface area contributed by atoms with Gasteiger partial charge in [0.1, 0.15) is 6.04 Å². The topological polar surface area (TPSA) is 61.9 Å². The van der Waals surface area contributed by atoms with Gasteiger partial charge < -0.3 is 19.3 Å². The molecular formula is C36H55N3O3S. The van der Waals surface area contributed by atoms with Gasteiger partial charge in [0.05, 0.1) is 13.2 Å². The summed E-state index contributed by atoms with van der Waals surface area (Å²) in [5, 5.41) is 3.13. The molecule has 1 aromatic carbocycles. The number of carbonyl (C=O) groups is 2. The number of piperidine rings is 1. The Labute approximate surface area is 265 Å². The Morgan fingerprint density at radius 3 is 2.30 bits per heavy atom. The van der Waals surface area contributed by atoms with Crippen LogP contribution in [-0.4, -0.2) is 59.6 Å². The lowest BCUT2D eigenvalue weighted by atomic mass is 9.74. The van der Waals surface area contributed by atoms with Gasteiger partial charge in [-0.3, -0.25) is 9.59 Å². The first-order chi connectivity index (χ1) is 20.9. The van der Waals surface area contributed by atoms with Crippen molar-refractivity contribution in [1.29, 1.82) is 0 Å². The molecule has 238 valence electrons. The quantitative estimate of drug-likeness (QED) is 0.218. The van der Waals surface area contributed by atoms with E-state index in [-0.39, 0.29) is 29.8 Å². The third kappa shape index (κ3) is 10.0. The van der Waals surface area contributed by atoms with Crippen molar-refractivity contribution in [3.8, 4) is 0 Å². The molecule has 4 rings (SSSR count). The summed E-state index contributed by atoms with van der Waals surface area (Å²) in [6, 6.07) is 9.32. The van der Waals surface area contributed by atoms with Gasteiger partial charge in [0, 0.05) is 42.9 Å². The van der Waals surface area contributed by atoms with Crippen molar-refractivity contribution in [3.05, 3.63) is 72.0 Å². The molecule has 0 radical (unpaired) electrons. The minimum atomic E-state index is -0.655. The van der Waals surface area contributed by atoms with E-state index in [4.69, 9.17) is 4.74 Å². The van der Waals surface area contributed by atoms with Crippen molar-refractivity contribution in [2.24, 2.45) is 11.3 Å². The van der Waals surface area contributed by atoms with Crippen LogP contribution in [0, 0.1) is 11.3 Å². The fraction of sp³-hybridized carbons (Fsp3) is 0.611. The molecule has 3 aliphatic rings. The number of nitrogens with one attached hydrogen (secondary N) is 1. The van der Waals surface area contributed by atoms with Crippen molar-refractivity contribution in [1.82, 2.24) is 14.5 Å². The molecule has 0 bridgehead atoms. The first kappa shape index (κ1) is 35.0. The van der Waals surface area contributed by atoms with Crippen LogP contribution in [0.4, 0.5) is 0 Å². The zero-order chi connectivity index (χ0) is 31.1. The number of likely N-dealkylation sites (tertiary alicyclic amines) is 1. The summed E-state index contributed by atoms with van der Waals surface area (Å²) in [6.45, 7) is 13.4. The first-order valence-electron chi connectivity index (χ1n) is 16.4. The Kier molecular flexibility index (Phi) is 14.9. The highest BCUT2D eigenvalue weighted by atomic mass is 32.2. The van der Waals surface area contributed by atoms with Crippen molar-refractivity contribution in [2.45, 2.75) is 97.6 Å². The van der Waals surface area contributed by atoms with E-state index in [1.165, 1.54) is 30.5 Å². The molecule has 2 aliphatic heterocycles. The van der Waals surface area contributed by atoms with E-state index in [9.17, 15) is 9.59 Å². The van der Waals surface area contributed by atoms with Crippen molar-refractivity contribution in [2.75, 3.05) is 32.5 Å². The number of ether oxygens (including phenoxy) is 1. The molecule has 1 aliphatic carbocycles. The summed E-state index contributed by atoms with van der Waals surface area (Å²) >= 11 is 1.74. The van der Waals surface area contributed by atoms with E-state index in [1.54, 1.807) is 11.9 Å². The van der Waals surface area contributed by atoms with Crippen molar-refractivity contribution < 1.29 is 14.3 Å². The third-order valence-corrected chi connectivity index (χ3v) is 10.1. The number of amides is 2. The Morgan fingerprint density at radius 1 is 1.12 bits per heavy atom. The van der Waals surface area contributed by atoms with E-state index in [0.717, 1.165) is 57.1 Å². The molecule has 6 nitrogen and oxygen atoms in total. The van der Waals surface area contributed by atoms with Gasteiger partial charge in [-0.25, -0.2) is 0 Å². The third-order valence-electron chi connectivity index (χ3n) is 9.30. The second-order valence-electron chi connectivity index (χ2n) is 12.1. The summed E-state index contributed by atoms with van der Waals surface area (Å²) < 4.78 is 8.33. The Balaban J connectivity index is 0.000000934. The zero-order valence-electron chi connectivity index (χ0n) is 27.1. The summed E-state index contributed by atoms with van der Waals surface area (Å²) in [7, 11) is 0. The van der Waals surface area contributed by atoms with Crippen LogP contribution >= 0.6 is 11.9 Å². The van der Waals surface area contributed by atoms with Gasteiger partial charge in [-0.1, -0.05) is 100 Å². The zero-order valence-corrected chi connectivity index (χ0v) is 27.9. The maximum Gasteiger partial charge on any atom is 0.247 e. The van der Waals surface area contributed by atoms with Crippen LogP contribution in [-0.2, 0) is 20.9 Å². The largest absolute Gasteiger partial charge is 0.374 e. The van der Waals surface area contributed by atoms with Crippen LogP contribution in [0.2, 0.25) is 0 Å². The molecule has 1 N–H and O–H groups in total. The highest BCUT2D eigenvalue weighted by Crippen LogP contribution is 2.48. The number of hydrogen-bond donors (Lipinski definition) is 1. The minimum absolute atomic E-state index is 0.00882. The molecule has 2 amide bonds. The maximum absolute atomic E-state index is 13.8. The molecule has 0 aromatic heterocycles. The Bertz CT molecular complexity index is 1070. The summed E-state index contributed by atoms with van der Waals surface area (Å²) in [4.78, 5) is 29.1. The van der Waals surface area contributed by atoms with Crippen LogP contribution in [0.3, 0.4) is 0 Å². The molecule has 7 heteroatoms. The number of allylic oxidation sites excluding steroid dienone is 3. The summed E-state index contributed by atoms with van der Waals surface area (Å²) in [6.07, 6.45) is 18.9. The van der Waals surface area contributed by atoms with E-state index in [0.29, 0.717) is 19.7 Å². The number of hydrogen-bond acceptors (Lipinski definition) is 5. The molecule has 2 fully saturated rings. The van der Waals surface area contributed by atoms with E-state index < -0.39 is 6.04 Å². The fourth-order valence-corrected chi connectivity index (χ4v) is 7.34. The van der Waals surface area contributed by atoms with E-state index in [2.05, 4.69) is 48.5 Å². The SMILES string of the molecule is C/C=C\CC.C=CC1=C(C)C2(CCN(C(=O)C(COCc3ccccc3)NC(=O)C3CCCCCCC3)CC2)CN1SC. The molecule has 1 saturated heterocycles. The van der Waals surface area contributed by atoms with Gasteiger partial charge in [0.25, 0.3) is 0 Å². The van der Waals surface area contributed by atoms with Crippen molar-refractivity contribution >= 4 is 23.8 Å². The van der Waals surface area contributed by atoms with Crippen LogP contribution in [0.5, 0.6) is 0 Å². The number of nitrogens with zero attached hydrogens (tertiary/aromatic N) is 2. The van der Waals surface area contributed by atoms with Gasteiger partial charge in [-0.05, 0) is 63.2 Å². The number of rotatable bonds is 10. The van der Waals surface area contributed by atoms with Gasteiger partial charge in [-0.2, -0.15) is 0 Å². The van der Waals surface area contributed by atoms with Gasteiger partial charge in [0.2, 0.25) is 11.8 Å². The predicted octanol–water partition coefficient (Wildman–Crippen LogP) is 7.68. The van der Waals surface area contributed by atoms with Gasteiger partial charge in [0.15, 0.2) is 0 Å². The molecule has 43 heavy (non-hydrogen) atoms. The van der Waals surface area contributed by atoms with Gasteiger partial charge >= 0.3 is 0 Å². The second kappa shape index (κ2) is 18.3. The van der Waals surface area contributed by atoms with E-state index in [1.807, 2.05) is 48.2 Å². The molecule has 1 spiro atoms. The standard InChI is InChI=1S/C31H45N3O3S.C5H10/c1-4-28-24(2)31(23-34(28)38-3)17-19-33(20-18-31)30(36)27(22-37-21-25-13-9-8-10-14-25)32-29(35)26-15-11-6-5-7-12-16-26;1-3-5-4-2/h4,8-10,13-14,26-27H,1,5-7,11-12,15-23H2,2-3H3,(H,32,35);3,5H,4H2,1-2H3/b;5-3-. The van der Waals surface area contributed by atoms with Gasteiger partial charge in [-0.15, -0.1) is 0 Å². The molecule has 2 heterocycles. The van der Waals surface area contributed by atoms with Crippen LogP contribution < -0.4 is 5.32 Å². The molecule has 1 saturated carbocycles. The highest BCUT2D eigenvalue weighted by Gasteiger charge is 2.45. The first-order valence-corrected chi connectivity index (χ1v) is 17.5. The minimum Gasteiger partial charge on any atom is -0.374 e. The average Bonchev–Trinajstić information content (AvgIpc) is 3.27. The number of benzene rings is 1. The van der Waals surface area contributed by atoms with Crippen LogP contribution in [0.25, 0.3) is 0 Å². The molecule has 1 unspecified atom stereocenters. The summed E-state index contributed by atoms with van der Waals surface area (Å²) in [5.74, 6) is -0.00859.